The summed E-state index contributed by atoms with van der Waals surface area (Å²) in [5, 5.41) is 5.18. The number of benzene rings is 1. The summed E-state index contributed by atoms with van der Waals surface area (Å²) in [6.07, 6.45) is 0. The number of rotatable bonds is 6. The van der Waals surface area contributed by atoms with Crippen LogP contribution in [0.2, 0.25) is 0 Å². The van der Waals surface area contributed by atoms with Gasteiger partial charge in [-0.2, -0.15) is 0 Å². The quantitative estimate of drug-likeness (QED) is 0.795. The van der Waals surface area contributed by atoms with E-state index in [1.165, 1.54) is 11.0 Å². The number of hydrogen-bond acceptors (Lipinski definition) is 4. The van der Waals surface area contributed by atoms with Gasteiger partial charge in [0.05, 0.1) is 11.5 Å². The van der Waals surface area contributed by atoms with Gasteiger partial charge >= 0.3 is 0 Å². The third-order valence-electron chi connectivity index (χ3n) is 3.18. The van der Waals surface area contributed by atoms with Gasteiger partial charge in [-0.25, -0.2) is 13.6 Å². The van der Waals surface area contributed by atoms with Crippen LogP contribution in [0.15, 0.2) is 17.0 Å². The lowest BCUT2D eigenvalue weighted by Gasteiger charge is -2.19. The van der Waals surface area contributed by atoms with Crippen molar-refractivity contribution in [2.45, 2.75) is 25.7 Å². The molecule has 1 aromatic rings. The first-order chi connectivity index (χ1) is 9.68. The smallest absolute Gasteiger partial charge is 0.253 e. The van der Waals surface area contributed by atoms with Crippen molar-refractivity contribution in [1.29, 1.82) is 0 Å². The first-order valence-corrected chi connectivity index (χ1v) is 8.20. The zero-order valence-corrected chi connectivity index (χ0v) is 13.7. The summed E-state index contributed by atoms with van der Waals surface area (Å²) >= 11 is 0. The number of carbonyl (C=O) groups is 1. The van der Waals surface area contributed by atoms with Gasteiger partial charge in [0.25, 0.3) is 5.91 Å². The molecule has 2 N–H and O–H groups in total. The highest BCUT2D eigenvalue weighted by molar-refractivity contribution is 7.89. The number of nitrogens with zero attached hydrogens (tertiary/aromatic N) is 1. The zero-order chi connectivity index (χ0) is 16.2. The van der Waals surface area contributed by atoms with Crippen molar-refractivity contribution < 1.29 is 17.9 Å². The Labute approximate surface area is 125 Å². The van der Waals surface area contributed by atoms with E-state index < -0.39 is 10.0 Å². The number of ether oxygens (including phenoxy) is 1. The molecular weight excluding hydrogens is 292 g/mol. The molecule has 0 aliphatic rings. The van der Waals surface area contributed by atoms with Crippen molar-refractivity contribution in [3.8, 4) is 0 Å². The molecule has 0 saturated carbocycles. The second-order valence-electron chi connectivity index (χ2n) is 4.90. The van der Waals surface area contributed by atoms with Crippen LogP contribution in [0.4, 0.5) is 0 Å². The van der Waals surface area contributed by atoms with Crippen molar-refractivity contribution in [1.82, 2.24) is 4.90 Å². The number of likely N-dealkylation sites (N-methyl/N-ethyl adjacent to an activating group) is 1. The summed E-state index contributed by atoms with van der Waals surface area (Å²) in [6.45, 7) is 6.76. The second kappa shape index (κ2) is 7.02. The largest absolute Gasteiger partial charge is 0.380 e. The molecule has 6 nitrogen and oxygen atoms in total. The Morgan fingerprint density at radius 1 is 1.29 bits per heavy atom. The molecule has 0 aromatic heterocycles. The fourth-order valence-electron chi connectivity index (χ4n) is 2.02. The maximum Gasteiger partial charge on any atom is 0.253 e. The summed E-state index contributed by atoms with van der Waals surface area (Å²) in [5.74, 6) is -0.253. The van der Waals surface area contributed by atoms with E-state index in [-0.39, 0.29) is 10.8 Å². The zero-order valence-electron chi connectivity index (χ0n) is 12.8. The fourth-order valence-corrected chi connectivity index (χ4v) is 2.81. The lowest BCUT2D eigenvalue weighted by molar-refractivity contribution is 0.0709. The van der Waals surface area contributed by atoms with Gasteiger partial charge in [-0.15, -0.1) is 0 Å². The van der Waals surface area contributed by atoms with Crippen molar-refractivity contribution >= 4 is 15.9 Å². The molecule has 7 heteroatoms. The van der Waals surface area contributed by atoms with E-state index in [9.17, 15) is 13.2 Å². The monoisotopic (exact) mass is 314 g/mol. The topological polar surface area (TPSA) is 89.7 Å². The molecule has 0 bridgehead atoms. The Bertz CT molecular complexity index is 626. The summed E-state index contributed by atoms with van der Waals surface area (Å²) < 4.78 is 28.3. The van der Waals surface area contributed by atoms with Crippen LogP contribution in [0.5, 0.6) is 0 Å². The van der Waals surface area contributed by atoms with Gasteiger partial charge in [-0.3, -0.25) is 4.79 Å². The van der Waals surface area contributed by atoms with Crippen LogP contribution in [0.25, 0.3) is 0 Å². The summed E-state index contributed by atoms with van der Waals surface area (Å²) in [7, 11) is -2.20. The van der Waals surface area contributed by atoms with Crippen molar-refractivity contribution in [3.63, 3.8) is 0 Å². The molecule has 1 rings (SSSR count). The van der Waals surface area contributed by atoms with Gasteiger partial charge in [0.2, 0.25) is 10.0 Å². The fraction of sp³-hybridized carbons (Fsp3) is 0.500. The third-order valence-corrected chi connectivity index (χ3v) is 4.23. The Balaban J connectivity index is 3.10. The van der Waals surface area contributed by atoms with Crippen molar-refractivity contribution in [2.75, 3.05) is 26.8 Å². The Kier molecular flexibility index (Phi) is 5.88. The van der Waals surface area contributed by atoms with Crippen LogP contribution in [0.3, 0.4) is 0 Å². The third kappa shape index (κ3) is 4.52. The van der Waals surface area contributed by atoms with E-state index in [4.69, 9.17) is 9.88 Å². The first kappa shape index (κ1) is 17.6. The number of aryl methyl sites for hydroxylation is 2. The van der Waals surface area contributed by atoms with Crippen molar-refractivity contribution in [2.24, 2.45) is 5.14 Å². The highest BCUT2D eigenvalue weighted by Gasteiger charge is 2.19. The molecule has 0 aliphatic heterocycles. The van der Waals surface area contributed by atoms with E-state index in [2.05, 4.69) is 0 Å². The van der Waals surface area contributed by atoms with Gasteiger partial charge in [0, 0.05) is 25.8 Å². The molecule has 0 atom stereocenters. The van der Waals surface area contributed by atoms with Gasteiger partial charge in [-0.1, -0.05) is 6.07 Å². The van der Waals surface area contributed by atoms with Crippen LogP contribution in [-0.2, 0) is 14.8 Å². The molecular formula is C14H22N2O4S. The molecule has 0 fully saturated rings. The van der Waals surface area contributed by atoms with Crippen LogP contribution in [-0.4, -0.2) is 46.0 Å². The van der Waals surface area contributed by atoms with Gasteiger partial charge in [0.1, 0.15) is 0 Å². The maximum absolute atomic E-state index is 12.4. The molecule has 0 spiro atoms. The second-order valence-corrected chi connectivity index (χ2v) is 6.43. The summed E-state index contributed by atoms with van der Waals surface area (Å²) in [4.78, 5) is 13.9. The molecule has 118 valence electrons. The van der Waals surface area contributed by atoms with E-state index >= 15 is 0 Å². The molecule has 1 aromatic carbocycles. The highest BCUT2D eigenvalue weighted by atomic mass is 32.2. The predicted octanol–water partition coefficient (Wildman–Crippen LogP) is 1.06. The Morgan fingerprint density at radius 2 is 1.90 bits per heavy atom. The van der Waals surface area contributed by atoms with E-state index in [1.54, 1.807) is 27.0 Å². The number of nitrogens with two attached hydrogens (primary N) is 1. The standard InChI is InChI=1S/C14H22N2O4S/c1-5-20-7-6-16(4)14(17)12-9-13(21(15,18)19)11(3)8-10(12)2/h8-9H,5-7H2,1-4H3,(H2,15,18,19). The normalized spacial score (nSPS) is 11.5. The van der Waals surface area contributed by atoms with Crippen LogP contribution in [0.1, 0.15) is 28.4 Å². The average Bonchev–Trinajstić information content (AvgIpc) is 2.36. The van der Waals surface area contributed by atoms with Gasteiger partial charge in [0.15, 0.2) is 0 Å². The van der Waals surface area contributed by atoms with E-state index in [0.29, 0.717) is 36.4 Å². The average molecular weight is 314 g/mol. The molecule has 0 radical (unpaired) electrons. The lowest BCUT2D eigenvalue weighted by atomic mass is 10.0. The minimum absolute atomic E-state index is 0.0188. The number of primary sulfonamides is 1. The van der Waals surface area contributed by atoms with Gasteiger partial charge < -0.3 is 9.64 Å². The molecule has 0 aliphatic carbocycles. The number of hydrogen-bond donors (Lipinski definition) is 1. The Hall–Kier alpha value is -1.44. The maximum atomic E-state index is 12.4. The molecule has 21 heavy (non-hydrogen) atoms. The number of sulfonamides is 1. The van der Waals surface area contributed by atoms with Gasteiger partial charge in [-0.05, 0) is 38.0 Å². The SMILES string of the molecule is CCOCCN(C)C(=O)c1cc(S(N)(=O)=O)c(C)cc1C. The van der Waals surface area contributed by atoms with E-state index in [0.717, 1.165) is 0 Å². The van der Waals surface area contributed by atoms with Crippen LogP contribution < -0.4 is 5.14 Å². The summed E-state index contributed by atoms with van der Waals surface area (Å²) in [6, 6.07) is 3.00. The van der Waals surface area contributed by atoms with E-state index in [1.807, 2.05) is 6.92 Å². The van der Waals surface area contributed by atoms with Crippen LogP contribution >= 0.6 is 0 Å². The molecule has 0 saturated heterocycles. The molecule has 0 heterocycles. The molecule has 1 amide bonds. The number of amides is 1. The highest BCUT2D eigenvalue weighted by Crippen LogP contribution is 2.20. The number of carbonyl (C=O) groups excluding carboxylic acids is 1. The minimum Gasteiger partial charge on any atom is -0.380 e. The lowest BCUT2D eigenvalue weighted by Crippen LogP contribution is -2.31. The first-order valence-electron chi connectivity index (χ1n) is 6.65. The Morgan fingerprint density at radius 3 is 2.43 bits per heavy atom. The minimum atomic E-state index is -3.85. The molecule has 0 unspecified atom stereocenters. The predicted molar refractivity (Wildman–Crippen MR) is 80.7 cm³/mol. The van der Waals surface area contributed by atoms with Crippen LogP contribution in [0, 0.1) is 13.8 Å². The van der Waals surface area contributed by atoms with Crippen molar-refractivity contribution in [3.05, 3.63) is 28.8 Å². The summed E-state index contributed by atoms with van der Waals surface area (Å²) in [5.41, 5.74) is 1.58.